The number of amides is 1. The Balaban J connectivity index is 2.63. The first kappa shape index (κ1) is 13.4. The molecule has 0 heterocycles. The maximum Gasteiger partial charge on any atom is 0.267 e. The lowest BCUT2D eigenvalue weighted by atomic mass is 10.1. The molecule has 0 saturated heterocycles. The summed E-state index contributed by atoms with van der Waals surface area (Å²) in [4.78, 5) is 13.6. The molecule has 6 heteroatoms. The van der Waals surface area contributed by atoms with Crippen LogP contribution in [0, 0.1) is 5.92 Å². The highest BCUT2D eigenvalue weighted by Gasteiger charge is 2.37. The van der Waals surface area contributed by atoms with E-state index in [-0.39, 0.29) is 18.2 Å². The number of hydrogen-bond donors (Lipinski definition) is 1. The number of carbonyl (C=O) groups excluding carboxylic acids is 1. The Morgan fingerprint density at radius 3 is 2.25 bits per heavy atom. The fourth-order valence-electron chi connectivity index (χ4n) is 2.23. The molecule has 1 rings (SSSR count). The van der Waals surface area contributed by atoms with Crippen molar-refractivity contribution < 1.29 is 17.8 Å². The Kier molecular flexibility index (Phi) is 4.32. The molecule has 0 aromatic carbocycles. The molecule has 0 bridgehead atoms. The molecule has 0 unspecified atom stereocenters. The predicted octanol–water partition coefficient (Wildman–Crippen LogP) is 0.911. The molecule has 16 heavy (non-hydrogen) atoms. The van der Waals surface area contributed by atoms with Gasteiger partial charge in [0.25, 0.3) is 10.1 Å². The summed E-state index contributed by atoms with van der Waals surface area (Å²) in [5.74, 6) is -0.233. The molecule has 1 aliphatic rings. The van der Waals surface area contributed by atoms with Crippen molar-refractivity contribution in [1.82, 2.24) is 4.90 Å². The van der Waals surface area contributed by atoms with Gasteiger partial charge >= 0.3 is 0 Å². The normalized spacial score (nSPS) is 25.7. The summed E-state index contributed by atoms with van der Waals surface area (Å²) in [5.41, 5.74) is 0. The van der Waals surface area contributed by atoms with Crippen molar-refractivity contribution >= 4 is 16.0 Å². The Morgan fingerprint density at radius 2 is 1.88 bits per heavy atom. The first-order valence-corrected chi connectivity index (χ1v) is 7.15. The van der Waals surface area contributed by atoms with Crippen LogP contribution in [0.3, 0.4) is 0 Å². The molecule has 1 fully saturated rings. The van der Waals surface area contributed by atoms with Crippen molar-refractivity contribution in [2.24, 2.45) is 5.92 Å². The van der Waals surface area contributed by atoms with Crippen LogP contribution < -0.4 is 0 Å². The van der Waals surface area contributed by atoms with Gasteiger partial charge in [-0.05, 0) is 33.1 Å². The standard InChI is InChI=1S/C10H19NO4S/c1-3-11(4-2)10(12)8-5-6-9(7-8)16(13,14)15/h8-9H,3-7H2,1-2H3,(H,13,14,15)/t8-,9-/m0/s1. The van der Waals surface area contributed by atoms with Gasteiger partial charge < -0.3 is 4.90 Å². The Hall–Kier alpha value is -0.620. The van der Waals surface area contributed by atoms with E-state index >= 15 is 0 Å². The van der Waals surface area contributed by atoms with Crippen molar-refractivity contribution in [2.75, 3.05) is 13.1 Å². The van der Waals surface area contributed by atoms with Gasteiger partial charge in [-0.15, -0.1) is 0 Å². The Morgan fingerprint density at radius 1 is 1.31 bits per heavy atom. The van der Waals surface area contributed by atoms with Gasteiger partial charge in [0.2, 0.25) is 5.91 Å². The monoisotopic (exact) mass is 249 g/mol. The topological polar surface area (TPSA) is 74.7 Å². The average Bonchev–Trinajstić information content (AvgIpc) is 2.67. The van der Waals surface area contributed by atoms with E-state index in [9.17, 15) is 13.2 Å². The molecule has 0 aromatic heterocycles. The fraction of sp³-hybridized carbons (Fsp3) is 0.900. The SMILES string of the molecule is CCN(CC)C(=O)[C@H]1CC[C@H](S(=O)(=O)O)C1. The van der Waals surface area contributed by atoms with Crippen molar-refractivity contribution in [3.8, 4) is 0 Å². The molecule has 0 aliphatic heterocycles. The van der Waals surface area contributed by atoms with Crippen LogP contribution >= 0.6 is 0 Å². The zero-order chi connectivity index (χ0) is 12.3. The Bertz CT molecular complexity index is 348. The minimum absolute atomic E-state index is 0.0103. The van der Waals surface area contributed by atoms with Gasteiger partial charge in [0.15, 0.2) is 0 Å². The lowest BCUT2D eigenvalue weighted by Crippen LogP contribution is -2.35. The third-order valence-electron chi connectivity index (χ3n) is 3.23. The van der Waals surface area contributed by atoms with Crippen LogP contribution in [-0.2, 0) is 14.9 Å². The molecule has 5 nitrogen and oxygen atoms in total. The van der Waals surface area contributed by atoms with Crippen molar-refractivity contribution in [3.63, 3.8) is 0 Å². The molecule has 0 spiro atoms. The number of hydrogen-bond acceptors (Lipinski definition) is 3. The average molecular weight is 249 g/mol. The zero-order valence-corrected chi connectivity index (χ0v) is 10.5. The van der Waals surface area contributed by atoms with E-state index in [1.165, 1.54) is 0 Å². The summed E-state index contributed by atoms with van der Waals surface area (Å²) in [5, 5.41) is -0.753. The second-order valence-electron chi connectivity index (χ2n) is 4.16. The minimum Gasteiger partial charge on any atom is -0.343 e. The molecule has 94 valence electrons. The number of carbonyl (C=O) groups is 1. The lowest BCUT2D eigenvalue weighted by Gasteiger charge is -2.22. The summed E-state index contributed by atoms with van der Waals surface area (Å²) >= 11 is 0. The highest BCUT2D eigenvalue weighted by molar-refractivity contribution is 7.86. The molecular weight excluding hydrogens is 230 g/mol. The quantitative estimate of drug-likeness (QED) is 0.751. The first-order valence-electron chi connectivity index (χ1n) is 5.65. The van der Waals surface area contributed by atoms with E-state index in [4.69, 9.17) is 4.55 Å². The van der Waals surface area contributed by atoms with Crippen LogP contribution in [0.2, 0.25) is 0 Å². The lowest BCUT2D eigenvalue weighted by molar-refractivity contribution is -0.134. The zero-order valence-electron chi connectivity index (χ0n) is 9.72. The molecular formula is C10H19NO4S. The first-order chi connectivity index (χ1) is 7.40. The van der Waals surface area contributed by atoms with E-state index in [1.807, 2.05) is 13.8 Å². The molecule has 0 radical (unpaired) electrons. The molecule has 0 aromatic rings. The van der Waals surface area contributed by atoms with E-state index in [2.05, 4.69) is 0 Å². The van der Waals surface area contributed by atoms with Crippen LogP contribution in [0.25, 0.3) is 0 Å². The van der Waals surface area contributed by atoms with Gasteiger partial charge in [-0.2, -0.15) is 8.42 Å². The largest absolute Gasteiger partial charge is 0.343 e. The third-order valence-corrected chi connectivity index (χ3v) is 4.50. The van der Waals surface area contributed by atoms with Crippen LogP contribution in [0.4, 0.5) is 0 Å². The van der Waals surface area contributed by atoms with E-state index in [0.717, 1.165) is 0 Å². The fourth-order valence-corrected chi connectivity index (χ4v) is 3.14. The van der Waals surface area contributed by atoms with Gasteiger partial charge in [0.1, 0.15) is 0 Å². The predicted molar refractivity (Wildman–Crippen MR) is 60.6 cm³/mol. The maximum atomic E-state index is 11.9. The summed E-state index contributed by atoms with van der Waals surface area (Å²) in [6.07, 6.45) is 1.20. The van der Waals surface area contributed by atoms with Crippen LogP contribution in [-0.4, -0.2) is 42.1 Å². The van der Waals surface area contributed by atoms with E-state index in [0.29, 0.717) is 25.9 Å². The molecule has 2 atom stereocenters. The van der Waals surface area contributed by atoms with Gasteiger partial charge in [-0.25, -0.2) is 0 Å². The highest BCUT2D eigenvalue weighted by atomic mass is 32.2. The van der Waals surface area contributed by atoms with Gasteiger partial charge in [-0.3, -0.25) is 9.35 Å². The maximum absolute atomic E-state index is 11.9. The second-order valence-corrected chi connectivity index (χ2v) is 5.85. The summed E-state index contributed by atoms with van der Waals surface area (Å²) < 4.78 is 30.8. The van der Waals surface area contributed by atoms with Crippen LogP contribution in [0.5, 0.6) is 0 Å². The van der Waals surface area contributed by atoms with Gasteiger partial charge in [0.05, 0.1) is 5.25 Å². The third kappa shape index (κ3) is 2.95. The molecule has 1 amide bonds. The molecule has 1 aliphatic carbocycles. The second kappa shape index (κ2) is 5.14. The van der Waals surface area contributed by atoms with E-state index < -0.39 is 15.4 Å². The number of rotatable bonds is 4. The molecule has 1 saturated carbocycles. The minimum atomic E-state index is -3.98. The van der Waals surface area contributed by atoms with Crippen LogP contribution in [0.1, 0.15) is 33.1 Å². The Labute approximate surface area is 96.6 Å². The summed E-state index contributed by atoms with van der Waals surface area (Å²) in [7, 11) is -3.98. The van der Waals surface area contributed by atoms with Crippen molar-refractivity contribution in [1.29, 1.82) is 0 Å². The van der Waals surface area contributed by atoms with Crippen molar-refractivity contribution in [3.05, 3.63) is 0 Å². The number of nitrogens with zero attached hydrogens (tertiary/aromatic N) is 1. The van der Waals surface area contributed by atoms with Crippen LogP contribution in [0.15, 0.2) is 0 Å². The summed E-state index contributed by atoms with van der Waals surface area (Å²) in [6, 6.07) is 0. The van der Waals surface area contributed by atoms with E-state index in [1.54, 1.807) is 4.90 Å². The smallest absolute Gasteiger partial charge is 0.267 e. The molecule has 1 N–H and O–H groups in total. The highest BCUT2D eigenvalue weighted by Crippen LogP contribution is 2.31. The van der Waals surface area contributed by atoms with Gasteiger partial charge in [-0.1, -0.05) is 0 Å². The van der Waals surface area contributed by atoms with Gasteiger partial charge in [0, 0.05) is 19.0 Å². The summed E-state index contributed by atoms with van der Waals surface area (Å²) in [6.45, 7) is 5.08. The van der Waals surface area contributed by atoms with Crippen molar-refractivity contribution in [2.45, 2.75) is 38.4 Å².